The van der Waals surface area contributed by atoms with Crippen molar-refractivity contribution < 1.29 is 23.7 Å². The number of nitro groups is 1. The molecule has 2 heterocycles. The number of nitro benzene ring substituents is 1. The Morgan fingerprint density at radius 1 is 1.14 bits per heavy atom. The maximum absolute atomic E-state index is 13.5. The van der Waals surface area contributed by atoms with E-state index in [1.165, 1.54) is 29.5 Å². The molecule has 13 heteroatoms. The quantitative estimate of drug-likeness (QED) is 0.0894. The summed E-state index contributed by atoms with van der Waals surface area (Å²) in [7, 11) is 0. The number of amides is 2. The van der Waals surface area contributed by atoms with E-state index >= 15 is 0 Å². The molecule has 0 unspecified atom stereocenters. The summed E-state index contributed by atoms with van der Waals surface area (Å²) in [6, 6.07) is 21.6. The summed E-state index contributed by atoms with van der Waals surface area (Å²) < 4.78 is 11.3. The van der Waals surface area contributed by atoms with Crippen LogP contribution in [-0.4, -0.2) is 39.6 Å². The van der Waals surface area contributed by atoms with Crippen molar-refractivity contribution in [2.24, 2.45) is 10.2 Å². The first-order valence-corrected chi connectivity index (χ1v) is 14.3. The van der Waals surface area contributed by atoms with E-state index in [9.17, 15) is 19.7 Å². The number of amidine groups is 1. The molecule has 3 aromatic carbocycles. The molecule has 0 saturated carbocycles. The number of thioether (sulfide) groups is 1. The fraction of sp³-hybridized carbons (Fsp3) is 0.0968. The Balaban J connectivity index is 1.36. The zero-order chi connectivity index (χ0) is 31.1. The van der Waals surface area contributed by atoms with Gasteiger partial charge in [-0.15, -0.1) is 5.10 Å². The Labute approximate surface area is 261 Å². The summed E-state index contributed by atoms with van der Waals surface area (Å²) >= 11 is 7.36. The van der Waals surface area contributed by atoms with Crippen molar-refractivity contribution in [2.45, 2.75) is 13.5 Å². The van der Waals surface area contributed by atoms with E-state index in [1.807, 2.05) is 19.1 Å². The van der Waals surface area contributed by atoms with Crippen LogP contribution in [0.4, 0.5) is 11.4 Å². The molecule has 0 aliphatic carbocycles. The molecule has 0 radical (unpaired) electrons. The smallest absolute Gasteiger partial charge is 0.269 e. The van der Waals surface area contributed by atoms with Crippen molar-refractivity contribution in [2.75, 3.05) is 11.9 Å². The second-order valence-electron chi connectivity index (χ2n) is 9.44. The van der Waals surface area contributed by atoms with Gasteiger partial charge in [0.1, 0.15) is 11.5 Å². The van der Waals surface area contributed by atoms with Crippen LogP contribution in [0.2, 0.25) is 5.02 Å². The van der Waals surface area contributed by atoms with Crippen LogP contribution in [0.5, 0.6) is 5.75 Å². The zero-order valence-electron chi connectivity index (χ0n) is 23.2. The molecule has 44 heavy (non-hydrogen) atoms. The Morgan fingerprint density at radius 2 is 1.91 bits per heavy atom. The molecule has 0 spiro atoms. The van der Waals surface area contributed by atoms with Gasteiger partial charge >= 0.3 is 0 Å². The molecule has 1 N–H and O–H groups in total. The number of halogens is 1. The minimum absolute atomic E-state index is 0.0407. The average molecular weight is 630 g/mol. The van der Waals surface area contributed by atoms with Crippen LogP contribution in [0.1, 0.15) is 22.5 Å². The minimum atomic E-state index is -0.487. The van der Waals surface area contributed by atoms with Crippen molar-refractivity contribution in [3.63, 3.8) is 0 Å². The minimum Gasteiger partial charge on any atom is -0.483 e. The van der Waals surface area contributed by atoms with Crippen LogP contribution in [0.15, 0.2) is 105 Å². The fourth-order valence-electron chi connectivity index (χ4n) is 3.99. The first kappa shape index (κ1) is 30.3. The van der Waals surface area contributed by atoms with E-state index in [1.54, 1.807) is 60.7 Å². The third-order valence-electron chi connectivity index (χ3n) is 6.19. The molecule has 222 valence electrons. The lowest BCUT2D eigenvalue weighted by molar-refractivity contribution is -0.384. The Morgan fingerprint density at radius 3 is 2.61 bits per heavy atom. The van der Waals surface area contributed by atoms with Gasteiger partial charge in [-0.1, -0.05) is 29.3 Å². The number of aryl methyl sites for hydroxylation is 1. The van der Waals surface area contributed by atoms with E-state index in [0.717, 1.165) is 17.3 Å². The number of anilines is 1. The highest BCUT2D eigenvalue weighted by atomic mass is 35.5. The molecular formula is C31H24ClN5O6S. The first-order chi connectivity index (χ1) is 21.2. The molecule has 5 rings (SSSR count). The first-order valence-electron chi connectivity index (χ1n) is 13.1. The summed E-state index contributed by atoms with van der Waals surface area (Å²) in [5.41, 5.74) is 2.76. The van der Waals surface area contributed by atoms with Crippen LogP contribution < -0.4 is 10.1 Å². The number of carbonyl (C=O) groups is 2. The van der Waals surface area contributed by atoms with Crippen molar-refractivity contribution >= 4 is 64.0 Å². The van der Waals surface area contributed by atoms with E-state index in [0.29, 0.717) is 38.3 Å². The van der Waals surface area contributed by atoms with Gasteiger partial charge in [-0.25, -0.2) is 0 Å². The summed E-state index contributed by atoms with van der Waals surface area (Å²) in [6.07, 6.45) is 4.55. The van der Waals surface area contributed by atoms with Gasteiger partial charge in [0.25, 0.3) is 17.5 Å². The van der Waals surface area contributed by atoms with Crippen molar-refractivity contribution in [1.29, 1.82) is 0 Å². The molecule has 0 atom stereocenters. The number of non-ortho nitro benzene ring substituents is 1. The van der Waals surface area contributed by atoms with E-state index in [4.69, 9.17) is 20.8 Å². The largest absolute Gasteiger partial charge is 0.483 e. The van der Waals surface area contributed by atoms with Crippen molar-refractivity contribution in [3.05, 3.63) is 128 Å². The molecule has 1 aliphatic rings. The van der Waals surface area contributed by atoms with Crippen LogP contribution in [-0.2, 0) is 16.1 Å². The molecule has 2 amide bonds. The predicted octanol–water partition coefficient (Wildman–Crippen LogP) is 6.67. The van der Waals surface area contributed by atoms with Gasteiger partial charge in [-0.3, -0.25) is 24.6 Å². The van der Waals surface area contributed by atoms with Gasteiger partial charge in [0.05, 0.1) is 28.9 Å². The highest BCUT2D eigenvalue weighted by Crippen LogP contribution is 2.36. The maximum Gasteiger partial charge on any atom is 0.269 e. The standard InChI is InChI=1S/C31H24ClN5O6S/c1-20-4-9-24(10-5-20)34-29(38)19-43-27-13-8-23(32)15-22(27)16-28-30(39)36(18-26-3-2-14-42-26)31(44-28)35-33-17-21-6-11-25(12-7-21)37(40)41/h2-17H,18-19H2,1H3,(H,34,38)/b28-16-,33-17+,35-31-. The highest BCUT2D eigenvalue weighted by Gasteiger charge is 2.34. The normalized spacial score (nSPS) is 15.0. The molecule has 1 fully saturated rings. The zero-order valence-corrected chi connectivity index (χ0v) is 24.7. The molecule has 4 aromatic rings. The lowest BCUT2D eigenvalue weighted by Gasteiger charge is -2.13. The lowest BCUT2D eigenvalue weighted by Crippen LogP contribution is -2.28. The highest BCUT2D eigenvalue weighted by molar-refractivity contribution is 8.18. The number of nitrogens with one attached hydrogen (secondary N) is 1. The number of ether oxygens (including phenoxy) is 1. The van der Waals surface area contributed by atoms with Gasteiger partial charge < -0.3 is 14.5 Å². The van der Waals surface area contributed by atoms with Gasteiger partial charge in [-0.2, -0.15) is 5.10 Å². The Bertz CT molecular complexity index is 1770. The second kappa shape index (κ2) is 13.8. The lowest BCUT2D eigenvalue weighted by atomic mass is 10.2. The number of benzene rings is 3. The topological polar surface area (TPSA) is 140 Å². The number of carbonyl (C=O) groups excluding carboxylic acids is 2. The number of rotatable bonds is 10. The molecule has 1 saturated heterocycles. The third-order valence-corrected chi connectivity index (χ3v) is 7.42. The van der Waals surface area contributed by atoms with Gasteiger partial charge in [0.2, 0.25) is 0 Å². The molecule has 11 nitrogen and oxygen atoms in total. The van der Waals surface area contributed by atoms with Gasteiger partial charge in [-0.05, 0) is 84.9 Å². The van der Waals surface area contributed by atoms with E-state index in [2.05, 4.69) is 15.5 Å². The monoisotopic (exact) mass is 629 g/mol. The van der Waals surface area contributed by atoms with Crippen molar-refractivity contribution in [3.8, 4) is 5.75 Å². The van der Waals surface area contributed by atoms with Crippen LogP contribution in [0.25, 0.3) is 6.08 Å². The molecule has 1 aromatic heterocycles. The number of nitrogens with zero attached hydrogens (tertiary/aromatic N) is 4. The van der Waals surface area contributed by atoms with Crippen LogP contribution in [0, 0.1) is 17.0 Å². The molecular weight excluding hydrogens is 606 g/mol. The fourth-order valence-corrected chi connectivity index (χ4v) is 5.10. The molecule has 1 aliphatic heterocycles. The summed E-state index contributed by atoms with van der Waals surface area (Å²) in [4.78, 5) is 38.2. The van der Waals surface area contributed by atoms with Crippen molar-refractivity contribution in [1.82, 2.24) is 4.90 Å². The van der Waals surface area contributed by atoms with Crippen LogP contribution in [0.3, 0.4) is 0 Å². The predicted molar refractivity (Wildman–Crippen MR) is 170 cm³/mol. The van der Waals surface area contributed by atoms with Crippen LogP contribution >= 0.6 is 23.4 Å². The second-order valence-corrected chi connectivity index (χ2v) is 10.9. The number of furan rings is 1. The number of hydrogen-bond donors (Lipinski definition) is 1. The third kappa shape index (κ3) is 7.79. The Hall–Kier alpha value is -5.20. The summed E-state index contributed by atoms with van der Waals surface area (Å²) in [6.45, 7) is 1.81. The van der Waals surface area contributed by atoms with E-state index < -0.39 is 4.92 Å². The maximum atomic E-state index is 13.5. The Kier molecular flexibility index (Phi) is 9.52. The van der Waals surface area contributed by atoms with Gasteiger partial charge in [0.15, 0.2) is 11.8 Å². The summed E-state index contributed by atoms with van der Waals surface area (Å²) in [5.74, 6) is 0.199. The SMILES string of the molecule is Cc1ccc(NC(=O)COc2ccc(Cl)cc2/C=C2\S/C(=N\N=C\c3ccc([N+](=O)[O-])cc3)N(Cc3ccco3)C2=O)cc1. The summed E-state index contributed by atoms with van der Waals surface area (Å²) in [5, 5.41) is 22.8. The molecule has 0 bridgehead atoms. The van der Waals surface area contributed by atoms with Gasteiger partial charge in [0, 0.05) is 28.4 Å². The number of hydrogen-bond acceptors (Lipinski definition) is 9. The average Bonchev–Trinajstić information content (AvgIpc) is 3.62. The van der Waals surface area contributed by atoms with E-state index in [-0.39, 0.29) is 35.8 Å².